The van der Waals surface area contributed by atoms with E-state index in [2.05, 4.69) is 44.8 Å². The van der Waals surface area contributed by atoms with Crippen LogP contribution in [0.3, 0.4) is 0 Å². The van der Waals surface area contributed by atoms with Gasteiger partial charge in [0.2, 0.25) is 0 Å². The molecule has 1 aliphatic heterocycles. The van der Waals surface area contributed by atoms with Gasteiger partial charge in [0, 0.05) is 12.1 Å². The van der Waals surface area contributed by atoms with Gasteiger partial charge in [-0.15, -0.1) is 0 Å². The fourth-order valence-electron chi connectivity index (χ4n) is 2.43. The Morgan fingerprint density at radius 3 is 2.11 bits per heavy atom. The molecule has 19 heavy (non-hydrogen) atoms. The third kappa shape index (κ3) is 6.24. The number of nitrogens with one attached hydrogen (secondary N) is 1. The highest BCUT2D eigenvalue weighted by Gasteiger charge is 2.30. The summed E-state index contributed by atoms with van der Waals surface area (Å²) in [5.41, 5.74) is -0.338. The minimum absolute atomic E-state index is 0.221. The van der Waals surface area contributed by atoms with Crippen LogP contribution in [-0.4, -0.2) is 47.3 Å². The molecule has 0 aliphatic carbocycles. The van der Waals surface area contributed by atoms with Crippen molar-refractivity contribution in [3.05, 3.63) is 0 Å². The molecule has 1 fully saturated rings. The summed E-state index contributed by atoms with van der Waals surface area (Å²) in [5, 5.41) is 14.0. The van der Waals surface area contributed by atoms with Gasteiger partial charge in [0.05, 0.1) is 5.60 Å². The number of hydrogen-bond acceptors (Lipinski definition) is 3. The second-order valence-corrected chi connectivity index (χ2v) is 7.86. The van der Waals surface area contributed by atoms with Crippen molar-refractivity contribution in [2.45, 2.75) is 65.5 Å². The lowest BCUT2D eigenvalue weighted by molar-refractivity contribution is -0.0258. The van der Waals surface area contributed by atoms with E-state index < -0.39 is 5.60 Å². The van der Waals surface area contributed by atoms with E-state index in [4.69, 9.17) is 0 Å². The zero-order valence-electron chi connectivity index (χ0n) is 13.8. The summed E-state index contributed by atoms with van der Waals surface area (Å²) in [6.07, 6.45) is 2.49. The molecule has 1 atom stereocenters. The third-order valence-corrected chi connectivity index (χ3v) is 4.42. The van der Waals surface area contributed by atoms with Crippen LogP contribution in [0.5, 0.6) is 0 Å². The lowest BCUT2D eigenvalue weighted by Gasteiger charge is -2.39. The highest BCUT2D eigenvalue weighted by Crippen LogP contribution is 2.22. The molecule has 0 saturated carbocycles. The Morgan fingerprint density at radius 1 is 1.16 bits per heavy atom. The molecule has 3 heteroatoms. The summed E-state index contributed by atoms with van der Waals surface area (Å²) in [5.74, 6) is 1.10. The smallest absolute Gasteiger partial charge is 0.0768 e. The molecule has 1 rings (SSSR count). The van der Waals surface area contributed by atoms with Gasteiger partial charge in [-0.05, 0) is 72.0 Å². The van der Waals surface area contributed by atoms with Crippen molar-refractivity contribution in [2.24, 2.45) is 11.8 Å². The van der Waals surface area contributed by atoms with Crippen molar-refractivity contribution >= 4 is 0 Å². The molecule has 0 amide bonds. The molecule has 2 N–H and O–H groups in total. The highest BCUT2D eigenvalue weighted by atomic mass is 16.3. The molecule has 0 bridgehead atoms. The van der Waals surface area contributed by atoms with Crippen LogP contribution in [0.4, 0.5) is 0 Å². The molecule has 0 radical (unpaired) electrons. The summed E-state index contributed by atoms with van der Waals surface area (Å²) in [7, 11) is 0. The van der Waals surface area contributed by atoms with E-state index >= 15 is 0 Å². The molecule has 1 saturated heterocycles. The first-order chi connectivity index (χ1) is 8.60. The van der Waals surface area contributed by atoms with Crippen LogP contribution in [0, 0.1) is 11.8 Å². The molecule has 3 nitrogen and oxygen atoms in total. The number of likely N-dealkylation sites (tertiary alicyclic amines) is 1. The van der Waals surface area contributed by atoms with Crippen molar-refractivity contribution < 1.29 is 5.11 Å². The Hall–Kier alpha value is -0.120. The Kier molecular flexibility index (Phi) is 5.84. The fourth-order valence-corrected chi connectivity index (χ4v) is 2.43. The highest BCUT2D eigenvalue weighted by molar-refractivity contribution is 4.84. The van der Waals surface area contributed by atoms with Gasteiger partial charge in [-0.25, -0.2) is 0 Å². The maximum absolute atomic E-state index is 10.4. The Bertz CT molecular complexity index is 260. The second-order valence-electron chi connectivity index (χ2n) is 7.86. The van der Waals surface area contributed by atoms with E-state index in [1.54, 1.807) is 0 Å². The van der Waals surface area contributed by atoms with Gasteiger partial charge in [-0.3, -0.25) is 0 Å². The Morgan fingerprint density at radius 2 is 1.68 bits per heavy atom. The van der Waals surface area contributed by atoms with Gasteiger partial charge in [-0.2, -0.15) is 0 Å². The van der Waals surface area contributed by atoms with Crippen molar-refractivity contribution in [3.63, 3.8) is 0 Å². The van der Waals surface area contributed by atoms with E-state index in [9.17, 15) is 5.11 Å². The number of rotatable bonds is 5. The number of aliphatic hydroxyl groups is 1. The largest absolute Gasteiger partial charge is 0.389 e. The van der Waals surface area contributed by atoms with Gasteiger partial charge in [0.25, 0.3) is 0 Å². The maximum Gasteiger partial charge on any atom is 0.0768 e. The summed E-state index contributed by atoms with van der Waals surface area (Å²) in [6.45, 7) is 17.0. The molecule has 1 heterocycles. The summed E-state index contributed by atoms with van der Waals surface area (Å²) >= 11 is 0. The lowest BCUT2D eigenvalue weighted by atomic mass is 9.89. The third-order valence-electron chi connectivity index (χ3n) is 4.42. The van der Waals surface area contributed by atoms with Crippen LogP contribution < -0.4 is 5.32 Å². The van der Waals surface area contributed by atoms with Crippen LogP contribution in [0.15, 0.2) is 0 Å². The molecule has 114 valence electrons. The average Bonchev–Trinajstić information content (AvgIpc) is 2.26. The van der Waals surface area contributed by atoms with E-state index in [0.29, 0.717) is 5.92 Å². The fraction of sp³-hybridized carbons (Fsp3) is 1.00. The Labute approximate surface area is 119 Å². The quantitative estimate of drug-likeness (QED) is 0.806. The zero-order valence-corrected chi connectivity index (χ0v) is 13.8. The minimum atomic E-state index is -0.559. The van der Waals surface area contributed by atoms with Crippen LogP contribution >= 0.6 is 0 Å². The number of piperidine rings is 1. The van der Waals surface area contributed by atoms with Crippen molar-refractivity contribution in [1.29, 1.82) is 0 Å². The van der Waals surface area contributed by atoms with Crippen LogP contribution in [0.1, 0.15) is 54.4 Å². The van der Waals surface area contributed by atoms with E-state index in [0.717, 1.165) is 32.1 Å². The van der Waals surface area contributed by atoms with Gasteiger partial charge in [-0.1, -0.05) is 13.8 Å². The van der Waals surface area contributed by atoms with Crippen LogP contribution in [0.2, 0.25) is 0 Å². The van der Waals surface area contributed by atoms with Crippen molar-refractivity contribution in [2.75, 3.05) is 26.2 Å². The van der Waals surface area contributed by atoms with Crippen LogP contribution in [0.25, 0.3) is 0 Å². The standard InChI is InChI=1S/C16H34N2O/c1-13(2)16(6,19)12-18-9-7-14(8-10-18)11-17-15(3,4)5/h13-14,17,19H,7-12H2,1-6H3. The number of β-amino-alcohol motifs (C(OH)–C–C–N with tert-alkyl or cyclic N) is 1. The first-order valence-electron chi connectivity index (χ1n) is 7.80. The monoisotopic (exact) mass is 270 g/mol. The first-order valence-corrected chi connectivity index (χ1v) is 7.80. The van der Waals surface area contributed by atoms with E-state index in [-0.39, 0.29) is 5.54 Å². The topological polar surface area (TPSA) is 35.5 Å². The summed E-state index contributed by atoms with van der Waals surface area (Å²) < 4.78 is 0. The molecule has 0 aromatic carbocycles. The maximum atomic E-state index is 10.4. The first kappa shape index (κ1) is 16.9. The number of nitrogens with zero attached hydrogens (tertiary/aromatic N) is 1. The molecule has 1 aliphatic rings. The number of hydrogen-bond donors (Lipinski definition) is 2. The molecular formula is C16H34N2O. The van der Waals surface area contributed by atoms with Gasteiger partial charge in [0.1, 0.15) is 0 Å². The van der Waals surface area contributed by atoms with E-state index in [1.165, 1.54) is 12.8 Å². The van der Waals surface area contributed by atoms with Crippen molar-refractivity contribution in [1.82, 2.24) is 10.2 Å². The molecule has 0 aromatic heterocycles. The van der Waals surface area contributed by atoms with Crippen molar-refractivity contribution in [3.8, 4) is 0 Å². The second kappa shape index (κ2) is 6.55. The Balaban J connectivity index is 2.29. The minimum Gasteiger partial charge on any atom is -0.389 e. The van der Waals surface area contributed by atoms with Crippen LogP contribution in [-0.2, 0) is 0 Å². The summed E-state index contributed by atoms with van der Waals surface area (Å²) in [6, 6.07) is 0. The molecular weight excluding hydrogens is 236 g/mol. The zero-order chi connectivity index (χ0) is 14.7. The molecule has 0 spiro atoms. The van der Waals surface area contributed by atoms with Gasteiger partial charge in [0.15, 0.2) is 0 Å². The summed E-state index contributed by atoms with van der Waals surface area (Å²) in [4.78, 5) is 2.42. The predicted octanol–water partition coefficient (Wildman–Crippen LogP) is 2.49. The predicted molar refractivity (Wildman–Crippen MR) is 82.4 cm³/mol. The lowest BCUT2D eigenvalue weighted by Crippen LogP contribution is -2.48. The SMILES string of the molecule is CC(C)C(C)(O)CN1CCC(CNC(C)(C)C)CC1. The molecule has 0 aromatic rings. The molecule has 1 unspecified atom stereocenters. The van der Waals surface area contributed by atoms with Gasteiger partial charge >= 0.3 is 0 Å². The average molecular weight is 270 g/mol. The van der Waals surface area contributed by atoms with Gasteiger partial charge < -0.3 is 15.3 Å². The normalized spacial score (nSPS) is 22.7. The van der Waals surface area contributed by atoms with E-state index in [1.807, 2.05) is 6.92 Å².